The number of hydrogen-bond donors (Lipinski definition) is 1. The minimum absolute atomic E-state index is 0.154. The molecule has 0 atom stereocenters. The minimum atomic E-state index is -0.309. The smallest absolute Gasteiger partial charge is 0.290 e. The number of rotatable bonds is 2. The molecule has 1 aromatic heterocycles. The van der Waals surface area contributed by atoms with E-state index in [-0.39, 0.29) is 16.4 Å². The molecule has 2 rings (SSSR count). The molecule has 2 aromatic rings. The zero-order chi connectivity index (χ0) is 12.4. The van der Waals surface area contributed by atoms with Gasteiger partial charge in [-0.1, -0.05) is 41.9 Å². The van der Waals surface area contributed by atoms with E-state index in [1.54, 1.807) is 6.92 Å². The molecule has 4 nitrogen and oxygen atoms in total. The van der Waals surface area contributed by atoms with Crippen molar-refractivity contribution in [2.24, 2.45) is 0 Å². The normalized spacial score (nSPS) is 10.5. The summed E-state index contributed by atoms with van der Waals surface area (Å²) in [7, 11) is 0. The minimum Gasteiger partial charge on any atom is -0.394 e. The van der Waals surface area contributed by atoms with Gasteiger partial charge in [0.2, 0.25) is 0 Å². The van der Waals surface area contributed by atoms with Crippen molar-refractivity contribution >= 4 is 17.3 Å². The van der Waals surface area contributed by atoms with E-state index in [4.69, 9.17) is 17.3 Å². The van der Waals surface area contributed by atoms with E-state index in [9.17, 15) is 4.79 Å². The van der Waals surface area contributed by atoms with E-state index in [1.165, 1.54) is 4.68 Å². The first-order valence-electron chi connectivity index (χ1n) is 5.16. The first kappa shape index (κ1) is 11.7. The van der Waals surface area contributed by atoms with Crippen LogP contribution in [0.1, 0.15) is 11.1 Å². The Labute approximate surface area is 104 Å². The van der Waals surface area contributed by atoms with E-state index in [2.05, 4.69) is 5.10 Å². The molecular weight excluding hydrogens is 238 g/mol. The first-order valence-corrected chi connectivity index (χ1v) is 5.54. The standard InChI is InChI=1S/C12H12ClN3O/c1-8-10(14)12(17)16(15-11(8)13)7-9-5-3-2-4-6-9/h2-6H,7,14H2,1H3. The van der Waals surface area contributed by atoms with Gasteiger partial charge in [0, 0.05) is 5.56 Å². The van der Waals surface area contributed by atoms with E-state index in [1.807, 2.05) is 30.3 Å². The van der Waals surface area contributed by atoms with Crippen molar-refractivity contribution in [3.63, 3.8) is 0 Å². The molecule has 0 aliphatic carbocycles. The van der Waals surface area contributed by atoms with Gasteiger partial charge < -0.3 is 5.73 Å². The summed E-state index contributed by atoms with van der Waals surface area (Å²) in [6, 6.07) is 9.55. The van der Waals surface area contributed by atoms with Crippen LogP contribution >= 0.6 is 11.6 Å². The van der Waals surface area contributed by atoms with Gasteiger partial charge in [-0.05, 0) is 12.5 Å². The Morgan fingerprint density at radius 1 is 1.35 bits per heavy atom. The van der Waals surface area contributed by atoms with Gasteiger partial charge in [0.05, 0.1) is 6.54 Å². The summed E-state index contributed by atoms with van der Waals surface area (Å²) in [6.45, 7) is 2.04. The van der Waals surface area contributed by atoms with E-state index < -0.39 is 0 Å². The van der Waals surface area contributed by atoms with Crippen LogP contribution in [0.3, 0.4) is 0 Å². The average molecular weight is 250 g/mol. The highest BCUT2D eigenvalue weighted by Crippen LogP contribution is 2.14. The Balaban J connectivity index is 2.44. The molecule has 88 valence electrons. The number of hydrogen-bond acceptors (Lipinski definition) is 3. The van der Waals surface area contributed by atoms with Crippen LogP contribution in [0.5, 0.6) is 0 Å². The maximum Gasteiger partial charge on any atom is 0.290 e. The molecule has 1 aromatic carbocycles. The number of nitrogens with two attached hydrogens (primary N) is 1. The largest absolute Gasteiger partial charge is 0.394 e. The second-order valence-electron chi connectivity index (χ2n) is 3.78. The number of nitrogen functional groups attached to an aromatic ring is 1. The van der Waals surface area contributed by atoms with Crippen LogP contribution in [0, 0.1) is 6.92 Å². The van der Waals surface area contributed by atoms with Crippen molar-refractivity contribution in [2.75, 3.05) is 5.73 Å². The van der Waals surface area contributed by atoms with Crippen molar-refractivity contribution in [1.29, 1.82) is 0 Å². The zero-order valence-electron chi connectivity index (χ0n) is 9.35. The Morgan fingerprint density at radius 3 is 2.65 bits per heavy atom. The molecule has 17 heavy (non-hydrogen) atoms. The summed E-state index contributed by atoms with van der Waals surface area (Å²) in [4.78, 5) is 11.9. The highest BCUT2D eigenvalue weighted by Gasteiger charge is 2.09. The van der Waals surface area contributed by atoms with Gasteiger partial charge in [-0.3, -0.25) is 4.79 Å². The van der Waals surface area contributed by atoms with Crippen LogP contribution in [0.2, 0.25) is 5.15 Å². The Morgan fingerprint density at radius 2 is 2.00 bits per heavy atom. The monoisotopic (exact) mass is 249 g/mol. The molecule has 0 spiro atoms. The third-order valence-corrected chi connectivity index (χ3v) is 2.92. The lowest BCUT2D eigenvalue weighted by Crippen LogP contribution is -2.27. The van der Waals surface area contributed by atoms with Gasteiger partial charge in [0.15, 0.2) is 5.15 Å². The molecule has 0 radical (unpaired) electrons. The molecule has 1 heterocycles. The van der Waals surface area contributed by atoms with Gasteiger partial charge in [0.1, 0.15) is 5.69 Å². The third-order valence-electron chi connectivity index (χ3n) is 2.56. The van der Waals surface area contributed by atoms with Crippen molar-refractivity contribution in [1.82, 2.24) is 9.78 Å². The maximum atomic E-state index is 11.9. The van der Waals surface area contributed by atoms with Gasteiger partial charge >= 0.3 is 0 Å². The number of anilines is 1. The van der Waals surface area contributed by atoms with E-state index in [0.29, 0.717) is 12.1 Å². The molecule has 0 bridgehead atoms. The summed E-state index contributed by atoms with van der Waals surface area (Å²) >= 11 is 5.91. The fourth-order valence-electron chi connectivity index (χ4n) is 1.50. The predicted molar refractivity (Wildman–Crippen MR) is 68.2 cm³/mol. The van der Waals surface area contributed by atoms with Crippen molar-refractivity contribution in [3.8, 4) is 0 Å². The van der Waals surface area contributed by atoms with Gasteiger partial charge in [0.25, 0.3) is 5.56 Å². The second-order valence-corrected chi connectivity index (χ2v) is 4.14. The summed E-state index contributed by atoms with van der Waals surface area (Å²) < 4.78 is 1.28. The van der Waals surface area contributed by atoms with Gasteiger partial charge in [-0.25, -0.2) is 4.68 Å². The third kappa shape index (κ3) is 2.31. The summed E-state index contributed by atoms with van der Waals surface area (Å²) in [5.41, 5.74) is 7.03. The Hall–Kier alpha value is -1.81. The van der Waals surface area contributed by atoms with Crippen molar-refractivity contribution in [2.45, 2.75) is 13.5 Å². The molecule has 0 unspecified atom stereocenters. The van der Waals surface area contributed by atoms with Crippen LogP contribution in [0.15, 0.2) is 35.1 Å². The number of benzene rings is 1. The lowest BCUT2D eigenvalue weighted by atomic mass is 10.2. The molecule has 5 heteroatoms. The van der Waals surface area contributed by atoms with E-state index in [0.717, 1.165) is 5.56 Å². The van der Waals surface area contributed by atoms with Crippen LogP contribution in [0.4, 0.5) is 5.69 Å². The summed E-state index contributed by atoms with van der Waals surface area (Å²) in [6.07, 6.45) is 0. The number of nitrogens with zero attached hydrogens (tertiary/aromatic N) is 2. The SMILES string of the molecule is Cc1c(Cl)nn(Cc2ccccc2)c(=O)c1N. The molecule has 0 aliphatic rings. The number of aromatic nitrogens is 2. The zero-order valence-corrected chi connectivity index (χ0v) is 10.1. The molecule has 0 amide bonds. The maximum absolute atomic E-state index is 11.9. The number of halogens is 1. The quantitative estimate of drug-likeness (QED) is 0.883. The molecule has 0 saturated heterocycles. The van der Waals surface area contributed by atoms with Crippen LogP contribution in [-0.4, -0.2) is 9.78 Å². The van der Waals surface area contributed by atoms with Crippen molar-refractivity contribution in [3.05, 3.63) is 57.0 Å². The van der Waals surface area contributed by atoms with Gasteiger partial charge in [-0.2, -0.15) is 5.10 Å². The van der Waals surface area contributed by atoms with E-state index >= 15 is 0 Å². The fourth-order valence-corrected chi connectivity index (χ4v) is 1.69. The van der Waals surface area contributed by atoms with Crippen LogP contribution in [0.25, 0.3) is 0 Å². The molecule has 0 aliphatic heterocycles. The van der Waals surface area contributed by atoms with Gasteiger partial charge in [-0.15, -0.1) is 0 Å². The van der Waals surface area contributed by atoms with Crippen LogP contribution < -0.4 is 11.3 Å². The van der Waals surface area contributed by atoms with Crippen LogP contribution in [-0.2, 0) is 6.54 Å². The summed E-state index contributed by atoms with van der Waals surface area (Å²) in [5, 5.41) is 4.28. The summed E-state index contributed by atoms with van der Waals surface area (Å²) in [5.74, 6) is 0. The highest BCUT2D eigenvalue weighted by molar-refractivity contribution is 6.30. The Bertz CT molecular complexity index is 593. The molecule has 0 fully saturated rings. The topological polar surface area (TPSA) is 60.9 Å². The predicted octanol–water partition coefficient (Wildman–Crippen LogP) is 1.84. The molecular formula is C12H12ClN3O. The lowest BCUT2D eigenvalue weighted by molar-refractivity contribution is 0.639. The van der Waals surface area contributed by atoms with Crippen molar-refractivity contribution < 1.29 is 0 Å². The average Bonchev–Trinajstić information content (AvgIpc) is 2.35. The lowest BCUT2D eigenvalue weighted by Gasteiger charge is -2.08. The molecule has 0 saturated carbocycles. The molecule has 2 N–H and O–H groups in total. The fraction of sp³-hybridized carbons (Fsp3) is 0.167. The first-order chi connectivity index (χ1) is 8.09. The highest BCUT2D eigenvalue weighted by atomic mass is 35.5. The Kier molecular flexibility index (Phi) is 3.15. The second kappa shape index (κ2) is 4.59.